The monoisotopic (exact) mass is 563 g/mol. The van der Waals surface area contributed by atoms with Crippen LogP contribution in [0.4, 0.5) is 22.0 Å². The van der Waals surface area contributed by atoms with Gasteiger partial charge in [-0.25, -0.2) is 0 Å². The number of unbranched alkanes of at least 4 members (excludes halogenated alkanes) is 1. The van der Waals surface area contributed by atoms with E-state index in [1.54, 1.807) is 25.1 Å². The molecule has 1 saturated carbocycles. The molecule has 2 aliphatic rings. The number of hydrogen-bond acceptors (Lipinski definition) is 3. The smallest absolute Gasteiger partial charge is 0.391 e. The van der Waals surface area contributed by atoms with E-state index in [1.165, 1.54) is 12.6 Å². The maximum atomic E-state index is 13.2. The molecule has 40 heavy (non-hydrogen) atoms. The Kier molecular flexibility index (Phi) is 9.36. The number of benzene rings is 1. The number of ether oxygens (including phenoxy) is 1. The minimum absolute atomic E-state index is 0.111. The van der Waals surface area contributed by atoms with Crippen molar-refractivity contribution in [3.8, 4) is 5.75 Å². The summed E-state index contributed by atoms with van der Waals surface area (Å²) < 4.78 is 70.3. The van der Waals surface area contributed by atoms with Crippen LogP contribution < -0.4 is 4.74 Å². The maximum Gasteiger partial charge on any atom is 0.391 e. The van der Waals surface area contributed by atoms with Crippen LogP contribution in [0.5, 0.6) is 5.75 Å². The summed E-state index contributed by atoms with van der Waals surface area (Å²) in [7, 11) is 0. The fraction of sp³-hybridized carbons (Fsp3) is 0.562. The number of Topliss-reactive ketones (excluding diaryl/α,β-unsaturated/α-hetero) is 1. The highest BCUT2D eigenvalue weighted by Gasteiger charge is 2.38. The third kappa shape index (κ3) is 6.58. The van der Waals surface area contributed by atoms with Crippen LogP contribution in [-0.4, -0.2) is 23.6 Å². The molecule has 0 spiro atoms. The number of carbonyl (C=O) groups is 1. The summed E-state index contributed by atoms with van der Waals surface area (Å²) in [5, 5.41) is 0. The molecule has 0 radical (unpaired) electrons. The van der Waals surface area contributed by atoms with Crippen molar-refractivity contribution in [3.63, 3.8) is 0 Å². The number of carbonyl (C=O) groups excluding carboxylic acids is 1. The summed E-state index contributed by atoms with van der Waals surface area (Å²) in [4.78, 5) is 17.2. The van der Waals surface area contributed by atoms with Gasteiger partial charge in [-0.2, -0.15) is 22.0 Å². The van der Waals surface area contributed by atoms with Crippen molar-refractivity contribution >= 4 is 16.9 Å². The van der Waals surface area contributed by atoms with Crippen molar-refractivity contribution in [3.05, 3.63) is 58.4 Å². The number of ketones is 1. The normalized spacial score (nSPS) is 20.6. The highest BCUT2D eigenvalue weighted by Crippen LogP contribution is 2.52. The van der Waals surface area contributed by atoms with E-state index < -0.39 is 30.9 Å². The van der Waals surface area contributed by atoms with Crippen LogP contribution in [-0.2, 0) is 0 Å². The van der Waals surface area contributed by atoms with Crippen LogP contribution >= 0.6 is 0 Å². The van der Waals surface area contributed by atoms with E-state index in [4.69, 9.17) is 4.74 Å². The van der Waals surface area contributed by atoms with E-state index in [0.717, 1.165) is 67.7 Å². The predicted octanol–water partition coefficient (Wildman–Crippen LogP) is 9.79. The number of allylic oxidation sites excluding steroid dienone is 2. The lowest BCUT2D eigenvalue weighted by Gasteiger charge is -2.37. The molecular weight excluding hydrogens is 525 g/mol. The molecule has 2 aromatic rings. The highest BCUT2D eigenvalue weighted by atomic mass is 19.4. The van der Waals surface area contributed by atoms with Gasteiger partial charge in [-0.3, -0.25) is 9.78 Å². The van der Waals surface area contributed by atoms with Crippen LogP contribution in [0.25, 0.3) is 11.1 Å². The molecule has 0 amide bonds. The van der Waals surface area contributed by atoms with Gasteiger partial charge in [-0.05, 0) is 96.0 Å². The summed E-state index contributed by atoms with van der Waals surface area (Å²) in [6.45, 7) is 4.16. The van der Waals surface area contributed by atoms with Gasteiger partial charge in [0.15, 0.2) is 5.78 Å². The number of fused-ring (bicyclic) bond motifs is 1. The Morgan fingerprint density at radius 2 is 1.90 bits per heavy atom. The number of alkyl halides is 5. The Morgan fingerprint density at radius 1 is 1.18 bits per heavy atom. The first-order valence-electron chi connectivity index (χ1n) is 14.3. The minimum Gasteiger partial charge on any atom is -0.435 e. The first-order valence-corrected chi connectivity index (χ1v) is 14.3. The van der Waals surface area contributed by atoms with Crippen LogP contribution in [0.15, 0.2) is 30.5 Å². The molecule has 2 aliphatic carbocycles. The molecule has 1 fully saturated rings. The number of halogens is 5. The quantitative estimate of drug-likeness (QED) is 0.213. The number of rotatable bonds is 10. The van der Waals surface area contributed by atoms with E-state index in [2.05, 4.69) is 18.8 Å². The molecule has 1 aromatic heterocycles. The standard InChI is InChI=1S/C32H38F5NO2/c1-5-6-10-23-26-13-18(2)30(40-31(33)34)16-25(26)20(4)24(21-8-7-9-21)15-27(23)28-12-11-22(17-38-28)29(39)14-19(3)32(35,36)37/h11-13,16-17,19-21,24,31H,5-10,14-15H2,1-4H3. The third-order valence-electron chi connectivity index (χ3n) is 8.81. The lowest BCUT2D eigenvalue weighted by atomic mass is 9.67. The summed E-state index contributed by atoms with van der Waals surface area (Å²) in [6, 6.07) is 7.07. The number of aromatic nitrogens is 1. The van der Waals surface area contributed by atoms with Gasteiger partial charge in [0.25, 0.3) is 0 Å². The Morgan fingerprint density at radius 3 is 2.45 bits per heavy atom. The van der Waals surface area contributed by atoms with Gasteiger partial charge in [0, 0.05) is 18.2 Å². The second kappa shape index (κ2) is 12.4. The summed E-state index contributed by atoms with van der Waals surface area (Å²) in [5.41, 5.74) is 5.73. The van der Waals surface area contributed by atoms with E-state index in [-0.39, 0.29) is 23.1 Å². The Hall–Kier alpha value is -2.77. The van der Waals surface area contributed by atoms with Crippen molar-refractivity contribution in [2.24, 2.45) is 17.8 Å². The van der Waals surface area contributed by atoms with Crippen molar-refractivity contribution in [1.29, 1.82) is 0 Å². The number of hydrogen-bond donors (Lipinski definition) is 0. The van der Waals surface area contributed by atoms with Gasteiger partial charge in [-0.1, -0.05) is 46.5 Å². The molecule has 1 aromatic carbocycles. The van der Waals surface area contributed by atoms with E-state index in [1.807, 2.05) is 6.07 Å². The molecular formula is C32H38F5NO2. The lowest BCUT2D eigenvalue weighted by Crippen LogP contribution is -2.26. The van der Waals surface area contributed by atoms with E-state index in [0.29, 0.717) is 17.2 Å². The zero-order valence-electron chi connectivity index (χ0n) is 23.6. The molecule has 8 heteroatoms. The summed E-state index contributed by atoms with van der Waals surface area (Å²) >= 11 is 0. The number of nitrogens with zero attached hydrogens (tertiary/aromatic N) is 1. The Balaban J connectivity index is 1.80. The van der Waals surface area contributed by atoms with Gasteiger partial charge < -0.3 is 4.74 Å². The van der Waals surface area contributed by atoms with Gasteiger partial charge in [0.1, 0.15) is 5.75 Å². The van der Waals surface area contributed by atoms with Crippen LogP contribution in [0.2, 0.25) is 0 Å². The third-order valence-corrected chi connectivity index (χ3v) is 8.81. The fourth-order valence-corrected chi connectivity index (χ4v) is 6.08. The highest BCUT2D eigenvalue weighted by molar-refractivity contribution is 5.97. The van der Waals surface area contributed by atoms with Crippen molar-refractivity contribution in [2.75, 3.05) is 0 Å². The largest absolute Gasteiger partial charge is 0.435 e. The van der Waals surface area contributed by atoms with Crippen molar-refractivity contribution in [1.82, 2.24) is 4.98 Å². The van der Waals surface area contributed by atoms with Gasteiger partial charge in [-0.15, -0.1) is 0 Å². The van der Waals surface area contributed by atoms with Crippen LogP contribution in [0.1, 0.15) is 111 Å². The van der Waals surface area contributed by atoms with E-state index in [9.17, 15) is 26.7 Å². The number of pyridine rings is 1. The first-order chi connectivity index (χ1) is 18.9. The molecule has 3 unspecified atom stereocenters. The predicted molar refractivity (Wildman–Crippen MR) is 146 cm³/mol. The topological polar surface area (TPSA) is 39.2 Å². The SMILES string of the molecule is CCCCC1=C(c2ccc(C(=O)CC(C)C(F)(F)F)cn2)CC(C2CCC2)C(C)c2cc(OC(F)F)c(C)cc21. The minimum atomic E-state index is -4.43. The molecule has 3 nitrogen and oxygen atoms in total. The summed E-state index contributed by atoms with van der Waals surface area (Å²) in [6.07, 6.45) is 3.19. The molecule has 0 saturated heterocycles. The molecule has 0 N–H and O–H groups in total. The average Bonchev–Trinajstić information content (AvgIpc) is 2.96. The lowest BCUT2D eigenvalue weighted by molar-refractivity contribution is -0.168. The molecule has 218 valence electrons. The van der Waals surface area contributed by atoms with Gasteiger partial charge in [0.2, 0.25) is 0 Å². The molecule has 3 atom stereocenters. The van der Waals surface area contributed by atoms with Gasteiger partial charge in [0.05, 0.1) is 11.6 Å². The molecule has 0 aliphatic heterocycles. The van der Waals surface area contributed by atoms with Crippen molar-refractivity contribution < 1.29 is 31.5 Å². The molecule has 0 bridgehead atoms. The average molecular weight is 564 g/mol. The second-order valence-corrected chi connectivity index (χ2v) is 11.5. The van der Waals surface area contributed by atoms with Crippen molar-refractivity contribution in [2.45, 2.75) is 97.8 Å². The molecule has 1 heterocycles. The van der Waals surface area contributed by atoms with Crippen LogP contribution in [0.3, 0.4) is 0 Å². The van der Waals surface area contributed by atoms with E-state index >= 15 is 0 Å². The Bertz CT molecular complexity index is 1230. The van der Waals surface area contributed by atoms with Crippen LogP contribution in [0, 0.1) is 24.7 Å². The Labute approximate surface area is 233 Å². The zero-order chi connectivity index (χ0) is 29.2. The summed E-state index contributed by atoms with van der Waals surface area (Å²) in [5.74, 6) is -1.22. The number of aryl methyl sites for hydroxylation is 1. The first kappa shape index (κ1) is 30.2. The molecule has 4 rings (SSSR count). The zero-order valence-corrected chi connectivity index (χ0v) is 23.6. The second-order valence-electron chi connectivity index (χ2n) is 11.5. The maximum absolute atomic E-state index is 13.2. The van der Waals surface area contributed by atoms with Gasteiger partial charge >= 0.3 is 12.8 Å². The fourth-order valence-electron chi connectivity index (χ4n) is 6.08.